The van der Waals surface area contributed by atoms with Crippen molar-refractivity contribution in [2.75, 3.05) is 56.9 Å². The van der Waals surface area contributed by atoms with Crippen molar-refractivity contribution >= 4 is 44.3 Å². The van der Waals surface area contributed by atoms with Crippen molar-refractivity contribution in [2.24, 2.45) is 0 Å². The van der Waals surface area contributed by atoms with Crippen LogP contribution in [-0.4, -0.2) is 64.1 Å². The van der Waals surface area contributed by atoms with E-state index >= 15 is 0 Å². The average Bonchev–Trinajstić information content (AvgIpc) is 3.40. The van der Waals surface area contributed by atoms with E-state index in [0.29, 0.717) is 28.6 Å². The van der Waals surface area contributed by atoms with Gasteiger partial charge in [-0.25, -0.2) is 19.5 Å². The maximum Gasteiger partial charge on any atom is 0.340 e. The molecule has 1 aliphatic heterocycles. The Balaban J connectivity index is 2.06. The first-order valence-electron chi connectivity index (χ1n) is 14.5. The van der Waals surface area contributed by atoms with Crippen LogP contribution in [-0.2, 0) is 28.5 Å². The molecule has 10 nitrogen and oxygen atoms in total. The van der Waals surface area contributed by atoms with Crippen LogP contribution in [0.15, 0.2) is 65.4 Å². The van der Waals surface area contributed by atoms with Crippen molar-refractivity contribution in [1.82, 2.24) is 4.98 Å². The lowest BCUT2D eigenvalue weighted by atomic mass is 9.82. The SMILES string of the molecule is CCOC(=O)C1=C(OCC)N(c2nc3cc(OCC)ccc3s2)C(OCC)=C(C(=O)OCC)C1c1ccc(N(C)C)cc1. The molecule has 0 unspecified atom stereocenters. The van der Waals surface area contributed by atoms with E-state index in [2.05, 4.69) is 0 Å². The number of ether oxygens (including phenoxy) is 5. The van der Waals surface area contributed by atoms with Crippen LogP contribution < -0.4 is 14.5 Å². The van der Waals surface area contributed by atoms with Gasteiger partial charge in [-0.3, -0.25) is 0 Å². The van der Waals surface area contributed by atoms with Gasteiger partial charge >= 0.3 is 11.9 Å². The summed E-state index contributed by atoms with van der Waals surface area (Å²) >= 11 is 1.37. The van der Waals surface area contributed by atoms with Gasteiger partial charge in [0, 0.05) is 25.8 Å². The summed E-state index contributed by atoms with van der Waals surface area (Å²) in [6.45, 7) is 10.3. The van der Waals surface area contributed by atoms with Crippen LogP contribution in [0.25, 0.3) is 10.2 Å². The van der Waals surface area contributed by atoms with E-state index in [0.717, 1.165) is 10.4 Å². The normalized spacial score (nSPS) is 13.8. The highest BCUT2D eigenvalue weighted by Gasteiger charge is 2.46. The van der Waals surface area contributed by atoms with Gasteiger partial charge < -0.3 is 28.6 Å². The van der Waals surface area contributed by atoms with Gasteiger partial charge in [0.25, 0.3) is 0 Å². The Bertz CT molecular complexity index is 1460. The number of carbonyl (C=O) groups is 2. The average molecular weight is 610 g/mol. The summed E-state index contributed by atoms with van der Waals surface area (Å²) in [4.78, 5) is 36.2. The molecule has 3 aromatic rings. The highest BCUT2D eigenvalue weighted by molar-refractivity contribution is 7.22. The Morgan fingerprint density at radius 1 is 0.791 bits per heavy atom. The maximum atomic E-state index is 13.9. The zero-order valence-electron chi connectivity index (χ0n) is 25.8. The quantitative estimate of drug-likeness (QED) is 0.215. The van der Waals surface area contributed by atoms with E-state index in [1.54, 1.807) is 18.7 Å². The number of benzene rings is 2. The number of hydrogen-bond acceptors (Lipinski definition) is 11. The molecule has 0 radical (unpaired) electrons. The van der Waals surface area contributed by atoms with Crippen LogP contribution in [0.5, 0.6) is 5.75 Å². The fourth-order valence-electron chi connectivity index (χ4n) is 4.83. The third-order valence-electron chi connectivity index (χ3n) is 6.59. The third kappa shape index (κ3) is 6.56. The molecule has 0 amide bonds. The first-order valence-corrected chi connectivity index (χ1v) is 15.3. The topological polar surface area (TPSA) is 99.7 Å². The molecule has 0 aliphatic carbocycles. The maximum absolute atomic E-state index is 13.9. The van der Waals surface area contributed by atoms with Gasteiger partial charge in [0.1, 0.15) is 16.9 Å². The minimum Gasteiger partial charge on any atom is -0.494 e. The minimum atomic E-state index is -0.896. The second-order valence-electron chi connectivity index (χ2n) is 9.56. The van der Waals surface area contributed by atoms with Crippen LogP contribution >= 0.6 is 11.3 Å². The lowest BCUT2D eigenvalue weighted by molar-refractivity contribution is -0.140. The summed E-state index contributed by atoms with van der Waals surface area (Å²) in [7, 11) is 3.88. The Morgan fingerprint density at radius 3 is 1.84 bits per heavy atom. The van der Waals surface area contributed by atoms with Crippen molar-refractivity contribution in [3.05, 3.63) is 70.9 Å². The van der Waals surface area contributed by atoms with Crippen LogP contribution in [0.3, 0.4) is 0 Å². The molecular weight excluding hydrogens is 570 g/mol. The molecular formula is C32H39N3O7S. The number of anilines is 2. The van der Waals surface area contributed by atoms with Gasteiger partial charge in [0.05, 0.1) is 49.2 Å². The highest BCUT2D eigenvalue weighted by Crippen LogP contribution is 2.47. The van der Waals surface area contributed by atoms with E-state index in [1.807, 2.05) is 82.2 Å². The monoisotopic (exact) mass is 609 g/mol. The molecule has 0 saturated heterocycles. The molecule has 0 saturated carbocycles. The van der Waals surface area contributed by atoms with Gasteiger partial charge in [-0.2, -0.15) is 0 Å². The molecule has 0 bridgehead atoms. The number of thiazole rings is 1. The van der Waals surface area contributed by atoms with Gasteiger partial charge in [0.2, 0.25) is 11.8 Å². The molecule has 230 valence electrons. The molecule has 1 aromatic heterocycles. The van der Waals surface area contributed by atoms with Gasteiger partial charge in [-0.15, -0.1) is 0 Å². The summed E-state index contributed by atoms with van der Waals surface area (Å²) in [5.41, 5.74) is 2.63. The lowest BCUT2D eigenvalue weighted by Crippen LogP contribution is -2.39. The Kier molecular flexibility index (Phi) is 10.5. The highest BCUT2D eigenvalue weighted by atomic mass is 32.1. The van der Waals surface area contributed by atoms with Gasteiger partial charge in [-0.05, 0) is 64.4 Å². The lowest BCUT2D eigenvalue weighted by Gasteiger charge is -2.36. The summed E-state index contributed by atoms with van der Waals surface area (Å²) in [6.07, 6.45) is 0. The number of rotatable bonds is 13. The fraction of sp³-hybridized carbons (Fsp3) is 0.406. The molecule has 2 heterocycles. The molecule has 0 fully saturated rings. The van der Waals surface area contributed by atoms with Gasteiger partial charge in [0.15, 0.2) is 5.13 Å². The van der Waals surface area contributed by atoms with Crippen molar-refractivity contribution in [3.8, 4) is 5.75 Å². The smallest absolute Gasteiger partial charge is 0.340 e. The molecule has 4 rings (SSSR count). The summed E-state index contributed by atoms with van der Waals surface area (Å²) in [6, 6.07) is 13.3. The molecule has 0 N–H and O–H groups in total. The second kappa shape index (κ2) is 14.3. The number of esters is 2. The molecule has 2 aromatic carbocycles. The van der Waals surface area contributed by atoms with Crippen LogP contribution in [0.4, 0.5) is 10.8 Å². The number of carbonyl (C=O) groups excluding carboxylic acids is 2. The molecule has 0 spiro atoms. The predicted molar refractivity (Wildman–Crippen MR) is 167 cm³/mol. The molecule has 11 heteroatoms. The van der Waals surface area contributed by atoms with Crippen molar-refractivity contribution in [2.45, 2.75) is 40.5 Å². The third-order valence-corrected chi connectivity index (χ3v) is 7.61. The zero-order chi connectivity index (χ0) is 31.1. The van der Waals surface area contributed by atoms with Crippen molar-refractivity contribution in [3.63, 3.8) is 0 Å². The number of hydrogen-bond donors (Lipinski definition) is 0. The first kappa shape index (κ1) is 31.7. The molecule has 43 heavy (non-hydrogen) atoms. The van der Waals surface area contributed by atoms with Crippen LogP contribution in [0, 0.1) is 0 Å². The second-order valence-corrected chi connectivity index (χ2v) is 10.6. The van der Waals surface area contributed by atoms with Crippen molar-refractivity contribution in [1.29, 1.82) is 0 Å². The van der Waals surface area contributed by atoms with E-state index in [-0.39, 0.29) is 49.3 Å². The number of nitrogens with zero attached hydrogens (tertiary/aromatic N) is 3. The van der Waals surface area contributed by atoms with Crippen molar-refractivity contribution < 1.29 is 33.3 Å². The van der Waals surface area contributed by atoms with E-state index in [9.17, 15) is 9.59 Å². The first-order chi connectivity index (χ1) is 20.8. The zero-order valence-corrected chi connectivity index (χ0v) is 26.6. The fourth-order valence-corrected chi connectivity index (χ4v) is 5.77. The predicted octanol–water partition coefficient (Wildman–Crippen LogP) is 5.99. The van der Waals surface area contributed by atoms with E-state index < -0.39 is 17.9 Å². The van der Waals surface area contributed by atoms with Crippen LogP contribution in [0.2, 0.25) is 0 Å². The summed E-state index contributed by atoms with van der Waals surface area (Å²) < 4.78 is 30.2. The molecule has 0 atom stereocenters. The van der Waals surface area contributed by atoms with E-state index in [1.165, 1.54) is 11.3 Å². The Labute approximate surface area is 256 Å². The summed E-state index contributed by atoms with van der Waals surface area (Å²) in [5, 5.41) is 0.445. The Morgan fingerprint density at radius 2 is 1.35 bits per heavy atom. The van der Waals surface area contributed by atoms with Gasteiger partial charge in [-0.1, -0.05) is 23.5 Å². The summed E-state index contributed by atoms with van der Waals surface area (Å²) in [5.74, 6) is -1.07. The van der Waals surface area contributed by atoms with Crippen LogP contribution in [0.1, 0.15) is 46.1 Å². The molecule has 1 aliphatic rings. The number of fused-ring (bicyclic) bond motifs is 1. The minimum absolute atomic E-state index is 0.131. The standard InChI is InChI=1S/C32H39N3O7S/c1-8-38-22-17-18-24-23(19-22)33-32(43-24)35-28(39-9-2)26(30(36)41-11-4)25(20-13-15-21(16-14-20)34(6)7)27(29(35)40-10-3)31(37)42-12-5/h13-19,25H,8-12H2,1-7H3. The van der Waals surface area contributed by atoms with E-state index in [4.69, 9.17) is 28.7 Å². The number of aromatic nitrogens is 1. The largest absolute Gasteiger partial charge is 0.494 e. The Hall–Kier alpha value is -4.25.